The van der Waals surface area contributed by atoms with Crippen LogP contribution in [-0.4, -0.2) is 48.9 Å². The number of piperidine rings is 2. The maximum Gasteiger partial charge on any atom is 0.225 e. The molecule has 2 amide bonds. The summed E-state index contributed by atoms with van der Waals surface area (Å²) >= 11 is 0. The largest absolute Gasteiger partial charge is 0.352 e. The maximum absolute atomic E-state index is 12.4. The molecule has 0 aromatic rings. The van der Waals surface area contributed by atoms with Crippen LogP contribution >= 0.6 is 0 Å². The van der Waals surface area contributed by atoms with Gasteiger partial charge >= 0.3 is 0 Å². The second-order valence-electron chi connectivity index (χ2n) is 6.48. The standard InChI is InChI=1S/C16H29N3O2/c1-3-12(2)16(21)19-9-5-6-13(11-19)15(20)18-14-7-4-8-17-10-14/h12-14,17H,3-11H2,1-2H3,(H,18,20). The van der Waals surface area contributed by atoms with Crippen LogP contribution < -0.4 is 10.6 Å². The molecule has 0 aromatic heterocycles. The molecule has 120 valence electrons. The van der Waals surface area contributed by atoms with E-state index in [-0.39, 0.29) is 29.7 Å². The molecular weight excluding hydrogens is 266 g/mol. The fraction of sp³-hybridized carbons (Fsp3) is 0.875. The van der Waals surface area contributed by atoms with Crippen molar-refractivity contribution in [1.29, 1.82) is 0 Å². The van der Waals surface area contributed by atoms with Gasteiger partial charge in [0, 0.05) is 31.6 Å². The number of nitrogens with zero attached hydrogens (tertiary/aromatic N) is 1. The SMILES string of the molecule is CCC(C)C(=O)N1CCCC(C(=O)NC2CCCNC2)C1. The molecule has 2 aliphatic rings. The third-order valence-corrected chi connectivity index (χ3v) is 4.78. The smallest absolute Gasteiger partial charge is 0.225 e. The van der Waals surface area contributed by atoms with Crippen molar-refractivity contribution in [2.45, 2.75) is 52.0 Å². The Hall–Kier alpha value is -1.10. The highest BCUT2D eigenvalue weighted by Crippen LogP contribution is 2.20. The van der Waals surface area contributed by atoms with Crippen LogP contribution in [0.2, 0.25) is 0 Å². The van der Waals surface area contributed by atoms with E-state index in [1.165, 1.54) is 0 Å². The van der Waals surface area contributed by atoms with Crippen molar-refractivity contribution in [2.75, 3.05) is 26.2 Å². The molecule has 0 aromatic carbocycles. The molecule has 3 atom stereocenters. The van der Waals surface area contributed by atoms with Crippen LogP contribution in [0.5, 0.6) is 0 Å². The van der Waals surface area contributed by atoms with E-state index in [1.54, 1.807) is 0 Å². The molecule has 0 spiro atoms. The molecule has 2 aliphatic heterocycles. The van der Waals surface area contributed by atoms with Crippen molar-refractivity contribution >= 4 is 11.8 Å². The predicted molar refractivity (Wildman–Crippen MR) is 82.8 cm³/mol. The van der Waals surface area contributed by atoms with Gasteiger partial charge in [0.1, 0.15) is 0 Å². The van der Waals surface area contributed by atoms with Gasteiger partial charge in [0.2, 0.25) is 11.8 Å². The van der Waals surface area contributed by atoms with Gasteiger partial charge in [-0.2, -0.15) is 0 Å². The topological polar surface area (TPSA) is 61.4 Å². The lowest BCUT2D eigenvalue weighted by atomic mass is 9.94. The first-order valence-corrected chi connectivity index (χ1v) is 8.41. The van der Waals surface area contributed by atoms with Crippen molar-refractivity contribution in [3.63, 3.8) is 0 Å². The van der Waals surface area contributed by atoms with E-state index < -0.39 is 0 Å². The number of rotatable bonds is 4. The lowest BCUT2D eigenvalue weighted by Crippen LogP contribution is -2.51. The fourth-order valence-corrected chi connectivity index (χ4v) is 3.17. The van der Waals surface area contributed by atoms with Crippen LogP contribution in [0.25, 0.3) is 0 Å². The minimum absolute atomic E-state index is 0.0336. The van der Waals surface area contributed by atoms with Crippen LogP contribution in [0.15, 0.2) is 0 Å². The highest BCUT2D eigenvalue weighted by atomic mass is 16.2. The van der Waals surface area contributed by atoms with Gasteiger partial charge in [-0.15, -0.1) is 0 Å². The molecule has 5 nitrogen and oxygen atoms in total. The maximum atomic E-state index is 12.4. The molecule has 2 N–H and O–H groups in total. The first-order chi connectivity index (χ1) is 10.1. The average Bonchev–Trinajstić information content (AvgIpc) is 2.54. The van der Waals surface area contributed by atoms with Gasteiger partial charge in [0.05, 0.1) is 5.92 Å². The molecule has 2 rings (SSSR count). The Bertz CT molecular complexity index is 367. The zero-order valence-electron chi connectivity index (χ0n) is 13.4. The van der Waals surface area contributed by atoms with E-state index in [1.807, 2.05) is 18.7 Å². The molecule has 2 heterocycles. The number of nitrogens with one attached hydrogen (secondary N) is 2. The normalized spacial score (nSPS) is 28.0. The molecule has 2 fully saturated rings. The first-order valence-electron chi connectivity index (χ1n) is 8.41. The first kappa shape index (κ1) is 16.3. The summed E-state index contributed by atoms with van der Waals surface area (Å²) in [4.78, 5) is 26.6. The van der Waals surface area contributed by atoms with Gasteiger partial charge in [-0.3, -0.25) is 9.59 Å². The highest BCUT2D eigenvalue weighted by molar-refractivity contribution is 5.82. The Kier molecular flexibility index (Phi) is 6.03. The van der Waals surface area contributed by atoms with E-state index in [2.05, 4.69) is 10.6 Å². The third kappa shape index (κ3) is 4.43. The summed E-state index contributed by atoms with van der Waals surface area (Å²) in [6.45, 7) is 7.32. The quantitative estimate of drug-likeness (QED) is 0.817. The van der Waals surface area contributed by atoms with E-state index in [4.69, 9.17) is 0 Å². The molecule has 2 saturated heterocycles. The van der Waals surface area contributed by atoms with E-state index >= 15 is 0 Å². The summed E-state index contributed by atoms with van der Waals surface area (Å²) in [7, 11) is 0. The number of likely N-dealkylation sites (tertiary alicyclic amines) is 1. The van der Waals surface area contributed by atoms with Gasteiger partial charge in [-0.25, -0.2) is 0 Å². The van der Waals surface area contributed by atoms with E-state index in [9.17, 15) is 9.59 Å². The van der Waals surface area contributed by atoms with Gasteiger partial charge in [-0.05, 0) is 38.6 Å². The molecule has 3 unspecified atom stereocenters. The van der Waals surface area contributed by atoms with Crippen molar-refractivity contribution in [3.05, 3.63) is 0 Å². The van der Waals surface area contributed by atoms with Crippen LogP contribution in [0, 0.1) is 11.8 Å². The van der Waals surface area contributed by atoms with Gasteiger partial charge in [-0.1, -0.05) is 13.8 Å². The second kappa shape index (κ2) is 7.78. The second-order valence-corrected chi connectivity index (χ2v) is 6.48. The fourth-order valence-electron chi connectivity index (χ4n) is 3.17. The lowest BCUT2D eigenvalue weighted by molar-refractivity contribution is -0.139. The molecule has 0 aliphatic carbocycles. The van der Waals surface area contributed by atoms with Crippen molar-refractivity contribution in [2.24, 2.45) is 11.8 Å². The van der Waals surface area contributed by atoms with E-state index in [0.717, 1.165) is 51.7 Å². The van der Waals surface area contributed by atoms with E-state index in [0.29, 0.717) is 6.54 Å². The Morgan fingerprint density at radius 1 is 1.33 bits per heavy atom. The monoisotopic (exact) mass is 295 g/mol. The van der Waals surface area contributed by atoms with Crippen LogP contribution in [0.1, 0.15) is 46.0 Å². The Morgan fingerprint density at radius 2 is 2.14 bits per heavy atom. The van der Waals surface area contributed by atoms with Crippen molar-refractivity contribution in [1.82, 2.24) is 15.5 Å². The number of carbonyl (C=O) groups is 2. The summed E-state index contributed by atoms with van der Waals surface area (Å²) in [5, 5.41) is 6.47. The number of hydrogen-bond acceptors (Lipinski definition) is 3. The zero-order chi connectivity index (χ0) is 15.2. The van der Waals surface area contributed by atoms with Gasteiger partial charge in [0.25, 0.3) is 0 Å². The van der Waals surface area contributed by atoms with Gasteiger partial charge in [0.15, 0.2) is 0 Å². The third-order valence-electron chi connectivity index (χ3n) is 4.78. The number of hydrogen-bond donors (Lipinski definition) is 2. The summed E-state index contributed by atoms with van der Waals surface area (Å²) < 4.78 is 0. The molecular formula is C16H29N3O2. The number of carbonyl (C=O) groups excluding carboxylic acids is 2. The van der Waals surface area contributed by atoms with Crippen LogP contribution in [0.3, 0.4) is 0 Å². The molecule has 21 heavy (non-hydrogen) atoms. The summed E-state index contributed by atoms with van der Waals surface area (Å²) in [6, 6.07) is 0.256. The Morgan fingerprint density at radius 3 is 2.81 bits per heavy atom. The van der Waals surface area contributed by atoms with Crippen LogP contribution in [0.4, 0.5) is 0 Å². The Labute approximate surface area is 127 Å². The van der Waals surface area contributed by atoms with Gasteiger partial charge < -0.3 is 15.5 Å². The minimum Gasteiger partial charge on any atom is -0.352 e. The van der Waals surface area contributed by atoms with Crippen molar-refractivity contribution < 1.29 is 9.59 Å². The van der Waals surface area contributed by atoms with Crippen molar-refractivity contribution in [3.8, 4) is 0 Å². The number of amides is 2. The summed E-state index contributed by atoms with van der Waals surface area (Å²) in [5.41, 5.74) is 0. The molecule has 0 bridgehead atoms. The Balaban J connectivity index is 1.84. The lowest BCUT2D eigenvalue weighted by Gasteiger charge is -2.34. The average molecular weight is 295 g/mol. The van der Waals surface area contributed by atoms with Crippen LogP contribution in [-0.2, 0) is 9.59 Å². The molecule has 0 radical (unpaired) electrons. The molecule has 0 saturated carbocycles. The summed E-state index contributed by atoms with van der Waals surface area (Å²) in [6.07, 6.45) is 4.87. The minimum atomic E-state index is -0.0336. The highest BCUT2D eigenvalue weighted by Gasteiger charge is 2.30. The predicted octanol–water partition coefficient (Wildman–Crippen LogP) is 1.14. The zero-order valence-corrected chi connectivity index (χ0v) is 13.4. The summed E-state index contributed by atoms with van der Waals surface area (Å²) in [5.74, 6) is 0.364. The molecule has 5 heteroatoms.